The highest BCUT2D eigenvalue weighted by atomic mass is 32.2. The Hall–Kier alpha value is -2.02. The lowest BCUT2D eigenvalue weighted by Gasteiger charge is -2.08. The predicted octanol–water partition coefficient (Wildman–Crippen LogP) is 2.94. The van der Waals surface area contributed by atoms with E-state index in [1.54, 1.807) is 12.1 Å². The quantitative estimate of drug-likeness (QED) is 0.816. The summed E-state index contributed by atoms with van der Waals surface area (Å²) in [5, 5.41) is 5.87. The fraction of sp³-hybridized carbons (Fsp3) is 0.500. The van der Waals surface area contributed by atoms with Crippen LogP contribution in [-0.2, 0) is 9.59 Å². The Labute approximate surface area is 151 Å². The van der Waals surface area contributed by atoms with Crippen LogP contribution in [0.5, 0.6) is 5.75 Å². The average Bonchev–Trinajstić information content (AvgIpc) is 3.20. The monoisotopic (exact) mass is 361 g/mol. The Kier molecular flexibility index (Phi) is 5.96. The molecule has 2 aliphatic rings. The fourth-order valence-corrected chi connectivity index (χ4v) is 4.02. The standard InChI is InChI=1S/C18H23N3O3S/c1-2-24-14-9-7-13(8-10-14)19-16(22)11-15-17(23)21-18(25-15)20-12-5-3-4-6-12/h7-10,12,15H,2-6,11H2,1H3,(H,19,22)(H,20,21,23). The number of ether oxygens (including phenoxy) is 1. The maximum Gasteiger partial charge on any atom is 0.240 e. The molecule has 2 amide bonds. The van der Waals surface area contributed by atoms with Crippen molar-refractivity contribution in [2.75, 3.05) is 11.9 Å². The van der Waals surface area contributed by atoms with Crippen LogP contribution in [0.3, 0.4) is 0 Å². The number of hydrogen-bond donors (Lipinski definition) is 2. The minimum atomic E-state index is -0.414. The van der Waals surface area contributed by atoms with Gasteiger partial charge in [-0.3, -0.25) is 14.6 Å². The van der Waals surface area contributed by atoms with Crippen molar-refractivity contribution < 1.29 is 14.3 Å². The van der Waals surface area contributed by atoms with E-state index in [1.165, 1.54) is 24.6 Å². The van der Waals surface area contributed by atoms with Crippen LogP contribution in [0.15, 0.2) is 29.3 Å². The first-order chi connectivity index (χ1) is 12.1. The van der Waals surface area contributed by atoms with E-state index in [2.05, 4.69) is 15.6 Å². The van der Waals surface area contributed by atoms with Crippen molar-refractivity contribution in [3.05, 3.63) is 24.3 Å². The highest BCUT2D eigenvalue weighted by Crippen LogP contribution is 2.27. The molecule has 3 rings (SSSR count). The van der Waals surface area contributed by atoms with Crippen LogP contribution < -0.4 is 15.4 Å². The molecule has 7 heteroatoms. The molecule has 1 saturated carbocycles. The molecular formula is C18H23N3O3S. The van der Waals surface area contributed by atoms with Crippen molar-refractivity contribution >= 4 is 34.4 Å². The van der Waals surface area contributed by atoms with Gasteiger partial charge in [0.2, 0.25) is 11.8 Å². The lowest BCUT2D eigenvalue weighted by Crippen LogP contribution is -2.28. The van der Waals surface area contributed by atoms with Crippen molar-refractivity contribution in [3.63, 3.8) is 0 Å². The van der Waals surface area contributed by atoms with Gasteiger partial charge in [-0.15, -0.1) is 0 Å². The lowest BCUT2D eigenvalue weighted by molar-refractivity contribution is -0.122. The summed E-state index contributed by atoms with van der Waals surface area (Å²) in [5.74, 6) is 0.446. The fourth-order valence-electron chi connectivity index (χ4n) is 2.98. The number of amidine groups is 1. The zero-order valence-corrected chi connectivity index (χ0v) is 15.1. The third-order valence-electron chi connectivity index (χ3n) is 4.22. The first-order valence-corrected chi connectivity index (χ1v) is 9.60. The summed E-state index contributed by atoms with van der Waals surface area (Å²) in [6.45, 7) is 2.52. The van der Waals surface area contributed by atoms with Gasteiger partial charge in [0, 0.05) is 12.1 Å². The Morgan fingerprint density at radius 1 is 1.32 bits per heavy atom. The normalized spacial score (nSPS) is 22.2. The minimum Gasteiger partial charge on any atom is -0.494 e. The molecule has 1 aromatic rings. The van der Waals surface area contributed by atoms with Gasteiger partial charge in [-0.05, 0) is 44.0 Å². The molecule has 0 aromatic heterocycles. The van der Waals surface area contributed by atoms with Gasteiger partial charge < -0.3 is 15.4 Å². The van der Waals surface area contributed by atoms with Crippen LogP contribution >= 0.6 is 11.8 Å². The molecule has 0 radical (unpaired) electrons. The molecule has 1 heterocycles. The van der Waals surface area contributed by atoms with Gasteiger partial charge in [0.1, 0.15) is 11.0 Å². The number of thioether (sulfide) groups is 1. The van der Waals surface area contributed by atoms with E-state index in [-0.39, 0.29) is 18.2 Å². The summed E-state index contributed by atoms with van der Waals surface area (Å²) in [5.41, 5.74) is 0.691. The number of carbonyl (C=O) groups is 2. The number of nitrogens with zero attached hydrogens (tertiary/aromatic N) is 1. The molecule has 1 aliphatic carbocycles. The summed E-state index contributed by atoms with van der Waals surface area (Å²) in [6.07, 6.45) is 4.71. The number of nitrogens with one attached hydrogen (secondary N) is 2. The van der Waals surface area contributed by atoms with Crippen molar-refractivity contribution in [1.29, 1.82) is 0 Å². The van der Waals surface area contributed by atoms with Crippen LogP contribution in [0.4, 0.5) is 5.69 Å². The van der Waals surface area contributed by atoms with Gasteiger partial charge in [-0.2, -0.15) is 0 Å². The maximum atomic E-state index is 12.2. The Morgan fingerprint density at radius 3 is 2.72 bits per heavy atom. The van der Waals surface area contributed by atoms with Crippen molar-refractivity contribution in [1.82, 2.24) is 5.32 Å². The van der Waals surface area contributed by atoms with Crippen molar-refractivity contribution in [3.8, 4) is 5.75 Å². The van der Waals surface area contributed by atoms with E-state index in [1.807, 2.05) is 19.1 Å². The van der Waals surface area contributed by atoms with Crippen LogP contribution in [0.1, 0.15) is 39.0 Å². The first kappa shape index (κ1) is 17.8. The molecule has 1 unspecified atom stereocenters. The number of anilines is 1. The first-order valence-electron chi connectivity index (χ1n) is 8.72. The van der Waals surface area contributed by atoms with E-state index < -0.39 is 5.25 Å². The molecule has 1 atom stereocenters. The highest BCUT2D eigenvalue weighted by molar-refractivity contribution is 8.15. The summed E-state index contributed by atoms with van der Waals surface area (Å²) in [7, 11) is 0. The van der Waals surface area contributed by atoms with Gasteiger partial charge in [0.15, 0.2) is 5.17 Å². The summed E-state index contributed by atoms with van der Waals surface area (Å²) < 4.78 is 5.37. The smallest absolute Gasteiger partial charge is 0.240 e. The Bertz CT molecular complexity index is 654. The van der Waals surface area contributed by atoms with E-state index in [9.17, 15) is 9.59 Å². The number of benzene rings is 1. The SMILES string of the molecule is CCOc1ccc(NC(=O)CC2SC(=NC3CCCC3)NC2=O)cc1. The molecule has 134 valence electrons. The third kappa shape index (κ3) is 4.98. The molecule has 2 fully saturated rings. The minimum absolute atomic E-state index is 0.132. The van der Waals surface area contributed by atoms with Crippen LogP contribution in [0.25, 0.3) is 0 Å². The third-order valence-corrected chi connectivity index (χ3v) is 5.32. The van der Waals surface area contributed by atoms with Gasteiger partial charge in [0.05, 0.1) is 12.6 Å². The Balaban J connectivity index is 1.51. The number of amides is 2. The summed E-state index contributed by atoms with van der Waals surface area (Å²) in [4.78, 5) is 28.9. The molecule has 0 bridgehead atoms. The second-order valence-corrected chi connectivity index (χ2v) is 7.37. The predicted molar refractivity (Wildman–Crippen MR) is 100 cm³/mol. The number of hydrogen-bond acceptors (Lipinski definition) is 5. The number of aliphatic imine (C=N–C) groups is 1. The van der Waals surface area contributed by atoms with E-state index >= 15 is 0 Å². The summed E-state index contributed by atoms with van der Waals surface area (Å²) >= 11 is 1.36. The molecule has 6 nitrogen and oxygen atoms in total. The van der Waals surface area contributed by atoms with Crippen molar-refractivity contribution in [2.24, 2.45) is 4.99 Å². The van der Waals surface area contributed by atoms with Gasteiger partial charge in [0.25, 0.3) is 0 Å². The molecule has 2 N–H and O–H groups in total. The van der Waals surface area contributed by atoms with Crippen LogP contribution in [0, 0.1) is 0 Å². The lowest BCUT2D eigenvalue weighted by atomic mass is 10.2. The second kappa shape index (κ2) is 8.38. The van der Waals surface area contributed by atoms with Gasteiger partial charge in [-0.25, -0.2) is 0 Å². The topological polar surface area (TPSA) is 79.8 Å². The molecule has 1 aliphatic heterocycles. The molecular weight excluding hydrogens is 338 g/mol. The van der Waals surface area contributed by atoms with Gasteiger partial charge in [-0.1, -0.05) is 24.6 Å². The maximum absolute atomic E-state index is 12.2. The zero-order valence-electron chi connectivity index (χ0n) is 14.3. The number of carbonyl (C=O) groups excluding carboxylic acids is 2. The van der Waals surface area contributed by atoms with Crippen LogP contribution in [0.2, 0.25) is 0 Å². The molecule has 1 saturated heterocycles. The van der Waals surface area contributed by atoms with E-state index in [0.29, 0.717) is 23.5 Å². The second-order valence-electron chi connectivity index (χ2n) is 6.18. The molecule has 25 heavy (non-hydrogen) atoms. The zero-order chi connectivity index (χ0) is 17.6. The number of rotatable bonds is 6. The average molecular weight is 361 g/mol. The van der Waals surface area contributed by atoms with E-state index in [0.717, 1.165) is 18.6 Å². The van der Waals surface area contributed by atoms with E-state index in [4.69, 9.17) is 4.74 Å². The van der Waals surface area contributed by atoms with Gasteiger partial charge >= 0.3 is 0 Å². The largest absolute Gasteiger partial charge is 0.494 e. The van der Waals surface area contributed by atoms with Crippen molar-refractivity contribution in [2.45, 2.75) is 50.3 Å². The Morgan fingerprint density at radius 2 is 2.04 bits per heavy atom. The molecule has 1 aromatic carbocycles. The highest BCUT2D eigenvalue weighted by Gasteiger charge is 2.32. The molecule has 0 spiro atoms. The van der Waals surface area contributed by atoms with Crippen LogP contribution in [-0.4, -0.2) is 34.9 Å². The summed E-state index contributed by atoms with van der Waals surface area (Å²) in [6, 6.07) is 7.51.